The fourth-order valence-corrected chi connectivity index (χ4v) is 1.69. The molecule has 0 saturated heterocycles. The van der Waals surface area contributed by atoms with Gasteiger partial charge in [-0.1, -0.05) is 12.1 Å². The number of anilines is 1. The van der Waals surface area contributed by atoms with Gasteiger partial charge in [-0.05, 0) is 31.0 Å². The van der Waals surface area contributed by atoms with Crippen molar-refractivity contribution in [2.24, 2.45) is 0 Å². The number of hydrogen-bond donors (Lipinski definition) is 1. The standard InChI is InChI=1S/C13H15N3O/c1-9-6-13(17)16(8-15-9)7-11-4-3-5-12(14)10(11)2/h3-6,8H,7,14H2,1-2H3. The zero-order chi connectivity index (χ0) is 12.4. The molecule has 2 N–H and O–H groups in total. The lowest BCUT2D eigenvalue weighted by molar-refractivity contribution is 0.727. The third-order valence-electron chi connectivity index (χ3n) is 2.84. The first-order valence-corrected chi connectivity index (χ1v) is 5.45. The summed E-state index contributed by atoms with van der Waals surface area (Å²) in [4.78, 5) is 15.9. The number of benzene rings is 1. The van der Waals surface area contributed by atoms with Crippen LogP contribution in [-0.2, 0) is 6.54 Å². The van der Waals surface area contributed by atoms with Crippen molar-refractivity contribution in [2.75, 3.05) is 5.73 Å². The highest BCUT2D eigenvalue weighted by molar-refractivity contribution is 5.49. The molecular formula is C13H15N3O. The molecule has 2 aromatic rings. The Hall–Kier alpha value is -2.10. The van der Waals surface area contributed by atoms with Gasteiger partial charge in [0.25, 0.3) is 5.56 Å². The van der Waals surface area contributed by atoms with Gasteiger partial charge in [0.05, 0.1) is 12.9 Å². The summed E-state index contributed by atoms with van der Waals surface area (Å²) < 4.78 is 1.58. The molecule has 1 heterocycles. The van der Waals surface area contributed by atoms with E-state index < -0.39 is 0 Å². The van der Waals surface area contributed by atoms with Crippen LogP contribution in [0.4, 0.5) is 5.69 Å². The van der Waals surface area contributed by atoms with Crippen LogP contribution in [0.1, 0.15) is 16.8 Å². The van der Waals surface area contributed by atoms with Crippen LogP contribution in [0, 0.1) is 13.8 Å². The van der Waals surface area contributed by atoms with Crippen molar-refractivity contribution in [2.45, 2.75) is 20.4 Å². The average molecular weight is 229 g/mol. The molecular weight excluding hydrogens is 214 g/mol. The third-order valence-corrected chi connectivity index (χ3v) is 2.84. The minimum absolute atomic E-state index is 0.0423. The first-order valence-electron chi connectivity index (χ1n) is 5.45. The van der Waals surface area contributed by atoms with Crippen LogP contribution in [0.2, 0.25) is 0 Å². The zero-order valence-electron chi connectivity index (χ0n) is 9.97. The maximum Gasteiger partial charge on any atom is 0.253 e. The van der Waals surface area contributed by atoms with Crippen molar-refractivity contribution in [3.05, 3.63) is 57.8 Å². The molecule has 1 aromatic heterocycles. The van der Waals surface area contributed by atoms with Crippen LogP contribution in [0.15, 0.2) is 35.4 Å². The van der Waals surface area contributed by atoms with Crippen molar-refractivity contribution < 1.29 is 0 Å². The minimum Gasteiger partial charge on any atom is -0.399 e. The van der Waals surface area contributed by atoms with Crippen molar-refractivity contribution in [3.63, 3.8) is 0 Å². The Labute approximate surface area is 99.7 Å². The highest BCUT2D eigenvalue weighted by Gasteiger charge is 2.03. The number of nitrogens with two attached hydrogens (primary N) is 1. The Balaban J connectivity index is 2.38. The zero-order valence-corrected chi connectivity index (χ0v) is 9.97. The molecule has 88 valence electrons. The van der Waals surface area contributed by atoms with Crippen molar-refractivity contribution >= 4 is 5.69 Å². The van der Waals surface area contributed by atoms with Gasteiger partial charge in [-0.25, -0.2) is 4.98 Å². The van der Waals surface area contributed by atoms with Gasteiger partial charge in [0, 0.05) is 17.4 Å². The molecule has 0 radical (unpaired) electrons. The van der Waals surface area contributed by atoms with E-state index in [9.17, 15) is 4.79 Å². The van der Waals surface area contributed by atoms with Crippen LogP contribution in [0.25, 0.3) is 0 Å². The first-order chi connectivity index (χ1) is 8.08. The summed E-state index contributed by atoms with van der Waals surface area (Å²) in [6, 6.07) is 7.25. The van der Waals surface area contributed by atoms with Crippen molar-refractivity contribution in [1.29, 1.82) is 0 Å². The highest BCUT2D eigenvalue weighted by atomic mass is 16.1. The van der Waals surface area contributed by atoms with Gasteiger partial charge in [0.15, 0.2) is 0 Å². The summed E-state index contributed by atoms with van der Waals surface area (Å²) >= 11 is 0. The van der Waals surface area contributed by atoms with Crippen LogP contribution >= 0.6 is 0 Å². The monoisotopic (exact) mass is 229 g/mol. The second-order valence-electron chi connectivity index (χ2n) is 4.13. The number of aromatic nitrogens is 2. The summed E-state index contributed by atoms with van der Waals surface area (Å²) in [6.45, 7) is 4.26. The van der Waals surface area contributed by atoms with Crippen molar-refractivity contribution in [1.82, 2.24) is 9.55 Å². The second-order valence-corrected chi connectivity index (χ2v) is 4.13. The van der Waals surface area contributed by atoms with Gasteiger partial charge in [-0.3, -0.25) is 9.36 Å². The van der Waals surface area contributed by atoms with E-state index in [2.05, 4.69) is 4.98 Å². The smallest absolute Gasteiger partial charge is 0.253 e. The van der Waals surface area contributed by atoms with Crippen LogP contribution in [0.3, 0.4) is 0 Å². The number of aryl methyl sites for hydroxylation is 1. The predicted octanol–water partition coefficient (Wildman–Crippen LogP) is 1.49. The van der Waals surface area contributed by atoms with Gasteiger partial charge in [-0.15, -0.1) is 0 Å². The fourth-order valence-electron chi connectivity index (χ4n) is 1.69. The van der Waals surface area contributed by atoms with E-state index in [4.69, 9.17) is 5.73 Å². The molecule has 0 amide bonds. The molecule has 0 fully saturated rings. The van der Waals surface area contributed by atoms with E-state index in [1.165, 1.54) is 6.07 Å². The van der Waals surface area contributed by atoms with Gasteiger partial charge in [-0.2, -0.15) is 0 Å². The lowest BCUT2D eigenvalue weighted by Gasteiger charge is -2.10. The molecule has 0 bridgehead atoms. The SMILES string of the molecule is Cc1cc(=O)n(Cc2cccc(N)c2C)cn1. The molecule has 0 unspecified atom stereocenters. The third kappa shape index (κ3) is 2.36. The molecule has 0 aliphatic carbocycles. The molecule has 4 nitrogen and oxygen atoms in total. The van der Waals surface area contributed by atoms with E-state index in [1.54, 1.807) is 17.8 Å². The van der Waals surface area contributed by atoms with E-state index in [0.717, 1.165) is 22.5 Å². The lowest BCUT2D eigenvalue weighted by atomic mass is 10.1. The quantitative estimate of drug-likeness (QED) is 0.794. The molecule has 4 heteroatoms. The maximum absolute atomic E-state index is 11.7. The maximum atomic E-state index is 11.7. The summed E-state index contributed by atoms with van der Waals surface area (Å²) in [6.07, 6.45) is 1.57. The van der Waals surface area contributed by atoms with E-state index in [0.29, 0.717) is 6.54 Å². The topological polar surface area (TPSA) is 60.9 Å². The Morgan fingerprint density at radius 3 is 2.82 bits per heavy atom. The molecule has 0 atom stereocenters. The Morgan fingerprint density at radius 2 is 2.12 bits per heavy atom. The number of nitrogens with zero attached hydrogens (tertiary/aromatic N) is 2. The lowest BCUT2D eigenvalue weighted by Crippen LogP contribution is -2.21. The molecule has 17 heavy (non-hydrogen) atoms. The Morgan fingerprint density at radius 1 is 1.35 bits per heavy atom. The number of rotatable bonds is 2. The van der Waals surface area contributed by atoms with Crippen LogP contribution in [-0.4, -0.2) is 9.55 Å². The fraction of sp³-hybridized carbons (Fsp3) is 0.231. The summed E-state index contributed by atoms with van der Waals surface area (Å²) in [7, 11) is 0. The molecule has 1 aromatic carbocycles. The average Bonchev–Trinajstić information content (AvgIpc) is 2.28. The number of hydrogen-bond acceptors (Lipinski definition) is 3. The van der Waals surface area contributed by atoms with Gasteiger partial charge < -0.3 is 5.73 Å². The Bertz CT molecular complexity index is 602. The molecule has 0 aliphatic rings. The summed E-state index contributed by atoms with van der Waals surface area (Å²) in [5, 5.41) is 0. The summed E-state index contributed by atoms with van der Waals surface area (Å²) in [5.41, 5.74) is 9.32. The molecule has 0 aliphatic heterocycles. The highest BCUT2D eigenvalue weighted by Crippen LogP contribution is 2.15. The number of nitrogen functional groups attached to an aromatic ring is 1. The first kappa shape index (κ1) is 11.4. The van der Waals surface area contributed by atoms with Crippen LogP contribution < -0.4 is 11.3 Å². The second kappa shape index (κ2) is 4.41. The van der Waals surface area contributed by atoms with Gasteiger partial charge in [0.2, 0.25) is 0 Å². The van der Waals surface area contributed by atoms with E-state index >= 15 is 0 Å². The normalized spacial score (nSPS) is 10.5. The molecule has 2 rings (SSSR count). The van der Waals surface area contributed by atoms with E-state index in [-0.39, 0.29) is 5.56 Å². The Kier molecular flexibility index (Phi) is 2.95. The van der Waals surface area contributed by atoms with Gasteiger partial charge in [0.1, 0.15) is 0 Å². The minimum atomic E-state index is -0.0423. The van der Waals surface area contributed by atoms with Gasteiger partial charge >= 0.3 is 0 Å². The van der Waals surface area contributed by atoms with E-state index in [1.807, 2.05) is 25.1 Å². The van der Waals surface area contributed by atoms with Crippen molar-refractivity contribution in [3.8, 4) is 0 Å². The van der Waals surface area contributed by atoms with Crippen LogP contribution in [0.5, 0.6) is 0 Å². The summed E-state index contributed by atoms with van der Waals surface area (Å²) in [5.74, 6) is 0. The largest absolute Gasteiger partial charge is 0.399 e. The molecule has 0 spiro atoms. The predicted molar refractivity (Wildman–Crippen MR) is 67.9 cm³/mol. The molecule has 0 saturated carbocycles.